The number of amides is 2. The van der Waals surface area contributed by atoms with Gasteiger partial charge in [0.2, 0.25) is 11.8 Å². The molecule has 2 amide bonds. The first-order chi connectivity index (χ1) is 13.9. The number of benzene rings is 1. The first-order valence-corrected chi connectivity index (χ1v) is 11.1. The van der Waals surface area contributed by atoms with Crippen molar-refractivity contribution in [2.75, 3.05) is 5.75 Å². The molecule has 7 nitrogen and oxygen atoms in total. The molecule has 1 atom stereocenters. The molecule has 0 saturated heterocycles. The van der Waals surface area contributed by atoms with Gasteiger partial charge < -0.3 is 15.6 Å². The number of hydrogen-bond acceptors (Lipinski definition) is 5. The molecule has 8 heteroatoms. The number of nitrogens with two attached hydrogens (primary N) is 1. The molecule has 0 aliphatic heterocycles. The average Bonchev–Trinajstić information content (AvgIpc) is 3.06. The molecule has 1 heterocycles. The smallest absolute Gasteiger partial charge is 0.230 e. The number of nitrogens with one attached hydrogen (secondary N) is 1. The van der Waals surface area contributed by atoms with Gasteiger partial charge in [0.15, 0.2) is 5.16 Å². The van der Waals surface area contributed by atoms with Gasteiger partial charge in [0.1, 0.15) is 5.82 Å². The van der Waals surface area contributed by atoms with Crippen LogP contribution in [-0.4, -0.2) is 32.3 Å². The maximum atomic E-state index is 12.6. The van der Waals surface area contributed by atoms with Gasteiger partial charge in [0.25, 0.3) is 0 Å². The quantitative estimate of drug-likeness (QED) is 0.613. The van der Waals surface area contributed by atoms with Gasteiger partial charge in [0.05, 0.1) is 11.8 Å². The van der Waals surface area contributed by atoms with Gasteiger partial charge in [-0.05, 0) is 36.3 Å². The van der Waals surface area contributed by atoms with Crippen LogP contribution in [0.1, 0.15) is 56.1 Å². The van der Waals surface area contributed by atoms with E-state index in [4.69, 9.17) is 5.73 Å². The second-order valence-electron chi connectivity index (χ2n) is 7.87. The van der Waals surface area contributed by atoms with Crippen LogP contribution in [0.2, 0.25) is 0 Å². The number of hydrogen-bond donors (Lipinski definition) is 2. The normalized spacial score (nSPS) is 15.9. The Balaban J connectivity index is 1.62. The van der Waals surface area contributed by atoms with Crippen molar-refractivity contribution in [3.63, 3.8) is 0 Å². The summed E-state index contributed by atoms with van der Waals surface area (Å²) in [6.07, 6.45) is 3.82. The number of primary amides is 1. The zero-order valence-corrected chi connectivity index (χ0v) is 17.9. The lowest BCUT2D eigenvalue weighted by Gasteiger charge is -2.26. The van der Waals surface area contributed by atoms with Crippen LogP contribution in [0.4, 0.5) is 0 Å². The highest BCUT2D eigenvalue weighted by Crippen LogP contribution is 2.29. The first kappa shape index (κ1) is 21.4. The second kappa shape index (κ2) is 9.91. The van der Waals surface area contributed by atoms with Crippen LogP contribution in [0.5, 0.6) is 0 Å². The van der Waals surface area contributed by atoms with Crippen molar-refractivity contribution < 1.29 is 9.59 Å². The summed E-state index contributed by atoms with van der Waals surface area (Å²) in [7, 11) is 0. The van der Waals surface area contributed by atoms with Crippen molar-refractivity contribution in [1.82, 2.24) is 20.1 Å². The summed E-state index contributed by atoms with van der Waals surface area (Å²) in [5.41, 5.74) is 7.82. The Morgan fingerprint density at radius 3 is 2.86 bits per heavy atom. The molecule has 2 aromatic rings. The molecule has 29 heavy (non-hydrogen) atoms. The number of aromatic nitrogens is 3. The van der Waals surface area contributed by atoms with Gasteiger partial charge in [-0.25, -0.2) is 0 Å². The van der Waals surface area contributed by atoms with E-state index in [1.54, 1.807) is 0 Å². The van der Waals surface area contributed by atoms with Crippen LogP contribution in [0.3, 0.4) is 0 Å². The average molecular weight is 416 g/mol. The SMILES string of the molecule is CC(C)Cn1c(CCC(N)=O)nnc1SCC(=O)NC1CCCc2ccccc21. The molecule has 1 aliphatic carbocycles. The van der Waals surface area contributed by atoms with Crippen LogP contribution in [0.15, 0.2) is 29.4 Å². The molecule has 0 saturated carbocycles. The summed E-state index contributed by atoms with van der Waals surface area (Å²) in [5.74, 6) is 1.05. The number of aryl methyl sites for hydroxylation is 2. The minimum atomic E-state index is -0.356. The van der Waals surface area contributed by atoms with Crippen LogP contribution in [0.25, 0.3) is 0 Å². The van der Waals surface area contributed by atoms with E-state index >= 15 is 0 Å². The summed E-state index contributed by atoms with van der Waals surface area (Å²) in [6, 6.07) is 8.41. The standard InChI is InChI=1S/C21H29N5O2S/c1-14(2)12-26-19(11-10-18(22)27)24-25-21(26)29-13-20(28)23-17-9-5-7-15-6-3-4-8-16(15)17/h3-4,6,8,14,17H,5,7,9-13H2,1-2H3,(H2,22,27)(H,23,28). The monoisotopic (exact) mass is 415 g/mol. The highest BCUT2D eigenvalue weighted by Gasteiger charge is 2.22. The molecule has 1 aromatic heterocycles. The lowest BCUT2D eigenvalue weighted by atomic mass is 9.88. The van der Waals surface area contributed by atoms with E-state index in [1.165, 1.54) is 22.9 Å². The number of carbonyl (C=O) groups is 2. The molecule has 0 spiro atoms. The third-order valence-electron chi connectivity index (χ3n) is 4.97. The van der Waals surface area contributed by atoms with Gasteiger partial charge in [-0.1, -0.05) is 49.9 Å². The predicted molar refractivity (Wildman–Crippen MR) is 113 cm³/mol. The van der Waals surface area contributed by atoms with Crippen LogP contribution in [0, 0.1) is 5.92 Å². The van der Waals surface area contributed by atoms with Gasteiger partial charge in [-0.15, -0.1) is 10.2 Å². The van der Waals surface area contributed by atoms with Crippen molar-refractivity contribution >= 4 is 23.6 Å². The molecule has 0 fully saturated rings. The number of rotatable bonds is 9. The Kier molecular flexibility index (Phi) is 7.30. The molecule has 3 N–H and O–H groups in total. The highest BCUT2D eigenvalue weighted by atomic mass is 32.2. The third kappa shape index (κ3) is 5.82. The van der Waals surface area contributed by atoms with Gasteiger partial charge >= 0.3 is 0 Å². The van der Waals surface area contributed by atoms with E-state index in [9.17, 15) is 9.59 Å². The molecular formula is C21H29N5O2S. The van der Waals surface area contributed by atoms with E-state index in [2.05, 4.69) is 47.6 Å². The minimum absolute atomic E-state index is 0.00511. The molecule has 0 radical (unpaired) electrons. The molecule has 1 aliphatic rings. The largest absolute Gasteiger partial charge is 0.370 e. The fraction of sp³-hybridized carbons (Fsp3) is 0.524. The lowest BCUT2D eigenvalue weighted by Crippen LogP contribution is -2.32. The van der Waals surface area contributed by atoms with Crippen LogP contribution in [-0.2, 0) is 29.0 Å². The fourth-order valence-corrected chi connectivity index (χ4v) is 4.44. The van der Waals surface area contributed by atoms with Gasteiger partial charge in [-0.2, -0.15) is 0 Å². The Labute approximate surface area is 175 Å². The van der Waals surface area contributed by atoms with Crippen molar-refractivity contribution in [2.45, 2.75) is 63.7 Å². The number of nitrogens with zero attached hydrogens (tertiary/aromatic N) is 3. The van der Waals surface area contributed by atoms with Crippen molar-refractivity contribution in [2.24, 2.45) is 11.7 Å². The second-order valence-corrected chi connectivity index (χ2v) is 8.81. The molecule has 3 rings (SSSR count). The Hall–Kier alpha value is -2.35. The van der Waals surface area contributed by atoms with E-state index in [0.717, 1.165) is 31.6 Å². The van der Waals surface area contributed by atoms with Crippen LogP contribution < -0.4 is 11.1 Å². The summed E-state index contributed by atoms with van der Waals surface area (Å²) in [5, 5.41) is 12.3. The number of fused-ring (bicyclic) bond motifs is 1. The van der Waals surface area contributed by atoms with E-state index in [-0.39, 0.29) is 30.0 Å². The van der Waals surface area contributed by atoms with Gasteiger partial charge in [0, 0.05) is 19.4 Å². The minimum Gasteiger partial charge on any atom is -0.370 e. The van der Waals surface area contributed by atoms with Crippen molar-refractivity contribution in [1.29, 1.82) is 0 Å². The summed E-state index contributed by atoms with van der Waals surface area (Å²) in [4.78, 5) is 23.7. The first-order valence-electron chi connectivity index (χ1n) is 10.1. The summed E-state index contributed by atoms with van der Waals surface area (Å²) in [6.45, 7) is 4.96. The summed E-state index contributed by atoms with van der Waals surface area (Å²) >= 11 is 1.38. The number of thioether (sulfide) groups is 1. The zero-order valence-electron chi connectivity index (χ0n) is 17.1. The Morgan fingerprint density at radius 2 is 2.10 bits per heavy atom. The van der Waals surface area contributed by atoms with Crippen LogP contribution >= 0.6 is 11.8 Å². The number of carbonyl (C=O) groups excluding carboxylic acids is 2. The fourth-order valence-electron chi connectivity index (χ4n) is 3.66. The maximum absolute atomic E-state index is 12.6. The summed E-state index contributed by atoms with van der Waals surface area (Å²) < 4.78 is 2.00. The maximum Gasteiger partial charge on any atom is 0.230 e. The van der Waals surface area contributed by atoms with E-state index in [1.807, 2.05) is 10.6 Å². The molecule has 156 valence electrons. The van der Waals surface area contributed by atoms with E-state index in [0.29, 0.717) is 17.5 Å². The Bertz CT molecular complexity index is 865. The third-order valence-corrected chi connectivity index (χ3v) is 5.94. The topological polar surface area (TPSA) is 103 Å². The van der Waals surface area contributed by atoms with E-state index < -0.39 is 0 Å². The highest BCUT2D eigenvalue weighted by molar-refractivity contribution is 7.99. The van der Waals surface area contributed by atoms with Crippen molar-refractivity contribution in [3.05, 3.63) is 41.2 Å². The molecule has 0 bridgehead atoms. The molecular weight excluding hydrogens is 386 g/mol. The Morgan fingerprint density at radius 1 is 1.31 bits per heavy atom. The van der Waals surface area contributed by atoms with Gasteiger partial charge in [-0.3, -0.25) is 9.59 Å². The molecule has 1 aromatic carbocycles. The lowest BCUT2D eigenvalue weighted by molar-refractivity contribution is -0.119. The molecule has 1 unspecified atom stereocenters. The van der Waals surface area contributed by atoms with Crippen molar-refractivity contribution in [3.8, 4) is 0 Å². The predicted octanol–water partition coefficient (Wildman–Crippen LogP) is 2.64. The zero-order chi connectivity index (χ0) is 20.8.